The Bertz CT molecular complexity index is 824. The second-order valence-electron chi connectivity index (χ2n) is 6.49. The molecule has 6 nitrogen and oxygen atoms in total. The summed E-state index contributed by atoms with van der Waals surface area (Å²) in [5.41, 5.74) is 4.51. The molecule has 2 aromatic carbocycles. The quantitative estimate of drug-likeness (QED) is 0.465. The number of hydrogen-bond acceptors (Lipinski definition) is 4. The van der Waals surface area contributed by atoms with Gasteiger partial charge in [-0.3, -0.25) is 14.9 Å². The fourth-order valence-corrected chi connectivity index (χ4v) is 2.49. The molecular weight excluding hydrogens is 386 g/mol. The molecular formula is C18H18BrN3O3. The number of nitro groups is 1. The summed E-state index contributed by atoms with van der Waals surface area (Å²) in [7, 11) is 0. The van der Waals surface area contributed by atoms with Crippen LogP contribution in [0.2, 0.25) is 0 Å². The van der Waals surface area contributed by atoms with Crippen molar-refractivity contribution >= 4 is 33.7 Å². The van der Waals surface area contributed by atoms with Crippen LogP contribution >= 0.6 is 15.9 Å². The van der Waals surface area contributed by atoms with Crippen molar-refractivity contribution in [2.24, 2.45) is 5.10 Å². The molecule has 0 radical (unpaired) electrons. The molecule has 0 saturated carbocycles. The van der Waals surface area contributed by atoms with Gasteiger partial charge in [-0.15, -0.1) is 0 Å². The molecule has 0 atom stereocenters. The molecule has 0 aliphatic carbocycles. The maximum absolute atomic E-state index is 12.1. The smallest absolute Gasteiger partial charge is 0.267 e. The normalized spacial score (nSPS) is 11.5. The number of carbonyl (C=O) groups is 1. The van der Waals surface area contributed by atoms with Crippen LogP contribution in [0.4, 0.5) is 5.69 Å². The molecule has 0 unspecified atom stereocenters. The molecule has 1 N–H and O–H groups in total. The second-order valence-corrected chi connectivity index (χ2v) is 7.35. The first kappa shape index (κ1) is 18.8. The first-order chi connectivity index (χ1) is 11.7. The molecule has 0 spiro atoms. The van der Waals surface area contributed by atoms with E-state index in [1.54, 1.807) is 24.3 Å². The van der Waals surface area contributed by atoms with Gasteiger partial charge in [0.05, 0.1) is 15.6 Å². The Morgan fingerprint density at radius 2 is 1.84 bits per heavy atom. The van der Waals surface area contributed by atoms with Crippen LogP contribution in [0.5, 0.6) is 0 Å². The lowest BCUT2D eigenvalue weighted by Gasteiger charge is -2.18. The van der Waals surface area contributed by atoms with E-state index in [1.807, 2.05) is 12.1 Å². The molecule has 0 heterocycles. The van der Waals surface area contributed by atoms with Crippen LogP contribution in [0.15, 0.2) is 52.0 Å². The predicted octanol–water partition coefficient (Wildman–Crippen LogP) is 4.42. The molecule has 1 amide bonds. The van der Waals surface area contributed by atoms with Gasteiger partial charge >= 0.3 is 0 Å². The summed E-state index contributed by atoms with van der Waals surface area (Å²) in [4.78, 5) is 22.5. The summed E-state index contributed by atoms with van der Waals surface area (Å²) >= 11 is 3.12. The number of rotatable bonds is 4. The molecule has 0 saturated heterocycles. The number of amides is 1. The van der Waals surface area contributed by atoms with Crippen molar-refractivity contribution < 1.29 is 9.72 Å². The third kappa shape index (κ3) is 4.96. The average molecular weight is 404 g/mol. The van der Waals surface area contributed by atoms with Crippen molar-refractivity contribution in [3.8, 4) is 0 Å². The Kier molecular flexibility index (Phi) is 5.69. The summed E-state index contributed by atoms with van der Waals surface area (Å²) in [6, 6.07) is 11.9. The molecule has 7 heteroatoms. The molecule has 130 valence electrons. The van der Waals surface area contributed by atoms with Gasteiger partial charge in [-0.2, -0.15) is 5.10 Å². The van der Waals surface area contributed by atoms with Crippen LogP contribution in [-0.2, 0) is 5.41 Å². The van der Waals surface area contributed by atoms with Gasteiger partial charge in [0.1, 0.15) is 0 Å². The number of nitrogens with one attached hydrogen (secondary N) is 1. The zero-order chi connectivity index (χ0) is 18.6. The highest BCUT2D eigenvalue weighted by Crippen LogP contribution is 2.25. The maximum Gasteiger partial charge on any atom is 0.284 e. The molecule has 25 heavy (non-hydrogen) atoms. The van der Waals surface area contributed by atoms with Crippen molar-refractivity contribution in [1.82, 2.24) is 5.43 Å². The van der Waals surface area contributed by atoms with E-state index < -0.39 is 4.92 Å². The molecule has 0 fully saturated rings. The lowest BCUT2D eigenvalue weighted by Crippen LogP contribution is -2.18. The van der Waals surface area contributed by atoms with Crippen LogP contribution in [-0.4, -0.2) is 17.0 Å². The van der Waals surface area contributed by atoms with E-state index in [2.05, 4.69) is 47.2 Å². The number of nitrogens with zero attached hydrogens (tertiary/aromatic N) is 2. The Labute approximate surface area is 154 Å². The van der Waals surface area contributed by atoms with Gasteiger partial charge in [-0.1, -0.05) is 39.0 Å². The summed E-state index contributed by atoms with van der Waals surface area (Å²) in [5, 5.41) is 14.8. The van der Waals surface area contributed by atoms with E-state index in [1.165, 1.54) is 12.3 Å². The van der Waals surface area contributed by atoms with Crippen molar-refractivity contribution in [3.05, 3.63) is 73.7 Å². The fraction of sp³-hybridized carbons (Fsp3) is 0.222. The standard InChI is InChI=1S/C18H18BrN3O3/c1-18(2,3)14-7-5-13(6-8-14)17(23)21-20-11-12-4-9-15(19)16(10-12)22(24)25/h4-11H,1-3H3,(H,21,23)/b20-11-. The first-order valence-electron chi connectivity index (χ1n) is 7.56. The predicted molar refractivity (Wildman–Crippen MR) is 101 cm³/mol. The lowest BCUT2D eigenvalue weighted by molar-refractivity contribution is -0.385. The van der Waals surface area contributed by atoms with Crippen molar-refractivity contribution in [2.75, 3.05) is 0 Å². The largest absolute Gasteiger partial charge is 0.284 e. The highest BCUT2D eigenvalue weighted by Gasteiger charge is 2.14. The van der Waals surface area contributed by atoms with Crippen molar-refractivity contribution in [1.29, 1.82) is 0 Å². The van der Waals surface area contributed by atoms with E-state index in [0.717, 1.165) is 5.56 Å². The average Bonchev–Trinajstić information content (AvgIpc) is 2.55. The first-order valence-corrected chi connectivity index (χ1v) is 8.35. The molecule has 0 aliphatic heterocycles. The van der Waals surface area contributed by atoms with Gasteiger partial charge in [0.15, 0.2) is 0 Å². The fourth-order valence-electron chi connectivity index (χ4n) is 2.10. The summed E-state index contributed by atoms with van der Waals surface area (Å²) < 4.78 is 0.387. The topological polar surface area (TPSA) is 84.6 Å². The van der Waals surface area contributed by atoms with E-state index >= 15 is 0 Å². The Morgan fingerprint density at radius 1 is 1.20 bits per heavy atom. The third-order valence-electron chi connectivity index (χ3n) is 3.56. The minimum Gasteiger partial charge on any atom is -0.267 e. The maximum atomic E-state index is 12.1. The number of carbonyl (C=O) groups excluding carboxylic acids is 1. The Balaban J connectivity index is 2.06. The van der Waals surface area contributed by atoms with Gasteiger partial charge in [-0.25, -0.2) is 5.43 Å². The lowest BCUT2D eigenvalue weighted by atomic mass is 9.87. The Morgan fingerprint density at radius 3 is 2.40 bits per heavy atom. The minimum absolute atomic E-state index is 0.0173. The van der Waals surface area contributed by atoms with Gasteiger partial charge in [-0.05, 0) is 45.1 Å². The van der Waals surface area contributed by atoms with E-state index in [-0.39, 0.29) is 17.0 Å². The number of halogens is 1. The second kappa shape index (κ2) is 7.57. The van der Waals surface area contributed by atoms with Crippen LogP contribution in [0.1, 0.15) is 42.3 Å². The van der Waals surface area contributed by atoms with Crippen LogP contribution in [0.3, 0.4) is 0 Å². The van der Waals surface area contributed by atoms with Gasteiger partial charge in [0, 0.05) is 17.2 Å². The number of hydrazone groups is 1. The highest BCUT2D eigenvalue weighted by atomic mass is 79.9. The molecule has 0 aromatic heterocycles. The van der Waals surface area contributed by atoms with Gasteiger partial charge in [0.2, 0.25) is 0 Å². The van der Waals surface area contributed by atoms with Crippen LogP contribution in [0, 0.1) is 10.1 Å². The van der Waals surface area contributed by atoms with Gasteiger partial charge in [0.25, 0.3) is 11.6 Å². The summed E-state index contributed by atoms with van der Waals surface area (Å²) in [5.74, 6) is -0.344. The number of hydrogen-bond donors (Lipinski definition) is 1. The number of nitro benzene ring substituents is 1. The van der Waals surface area contributed by atoms with E-state index in [9.17, 15) is 14.9 Å². The molecule has 0 aliphatic rings. The number of benzene rings is 2. The van der Waals surface area contributed by atoms with Crippen molar-refractivity contribution in [2.45, 2.75) is 26.2 Å². The Hall–Kier alpha value is -2.54. The molecule has 2 rings (SSSR count). The molecule has 2 aromatic rings. The van der Waals surface area contributed by atoms with Gasteiger partial charge < -0.3 is 0 Å². The minimum atomic E-state index is -0.489. The highest BCUT2D eigenvalue weighted by molar-refractivity contribution is 9.10. The SMILES string of the molecule is CC(C)(C)c1ccc(C(=O)N/N=C\c2ccc(Br)c([N+](=O)[O-])c2)cc1. The van der Waals surface area contributed by atoms with Crippen LogP contribution in [0.25, 0.3) is 0 Å². The zero-order valence-electron chi connectivity index (χ0n) is 14.1. The van der Waals surface area contributed by atoms with E-state index in [0.29, 0.717) is 15.6 Å². The van der Waals surface area contributed by atoms with E-state index in [4.69, 9.17) is 0 Å². The summed E-state index contributed by atoms with van der Waals surface area (Å²) in [6.45, 7) is 6.30. The molecule has 0 bridgehead atoms. The monoisotopic (exact) mass is 403 g/mol. The summed E-state index contributed by atoms with van der Waals surface area (Å²) in [6.07, 6.45) is 1.36. The van der Waals surface area contributed by atoms with Crippen LogP contribution < -0.4 is 5.43 Å². The van der Waals surface area contributed by atoms with Crippen molar-refractivity contribution in [3.63, 3.8) is 0 Å². The zero-order valence-corrected chi connectivity index (χ0v) is 15.7. The third-order valence-corrected chi connectivity index (χ3v) is 4.23.